The van der Waals surface area contributed by atoms with Gasteiger partial charge in [0.25, 0.3) is 5.91 Å². The molecule has 0 spiro atoms. The third-order valence-corrected chi connectivity index (χ3v) is 3.49. The van der Waals surface area contributed by atoms with Crippen LogP contribution in [0.25, 0.3) is 0 Å². The van der Waals surface area contributed by atoms with Gasteiger partial charge in [0.2, 0.25) is 0 Å². The van der Waals surface area contributed by atoms with Crippen molar-refractivity contribution in [3.05, 3.63) is 65.5 Å². The molecule has 0 saturated carbocycles. The average Bonchev–Trinajstić information content (AvgIpc) is 2.54. The molecule has 0 aromatic heterocycles. The van der Waals surface area contributed by atoms with Gasteiger partial charge in [-0.05, 0) is 42.8 Å². The van der Waals surface area contributed by atoms with E-state index >= 15 is 0 Å². The van der Waals surface area contributed by atoms with Crippen LogP contribution < -0.4 is 10.6 Å². The van der Waals surface area contributed by atoms with Crippen molar-refractivity contribution in [3.63, 3.8) is 0 Å². The van der Waals surface area contributed by atoms with Gasteiger partial charge in [-0.3, -0.25) is 4.79 Å². The summed E-state index contributed by atoms with van der Waals surface area (Å²) in [7, 11) is 3.33. The Balaban J connectivity index is 2.00. The van der Waals surface area contributed by atoms with Crippen LogP contribution >= 0.6 is 0 Å². The highest BCUT2D eigenvalue weighted by molar-refractivity contribution is 5.96. The first-order chi connectivity index (χ1) is 11.4. The van der Waals surface area contributed by atoms with Gasteiger partial charge in [0.15, 0.2) is 0 Å². The number of carbonyl (C=O) groups is 2. The Labute approximate surface area is 140 Å². The van der Waals surface area contributed by atoms with Crippen LogP contribution in [0.4, 0.5) is 14.9 Å². The lowest BCUT2D eigenvalue weighted by molar-refractivity contribution is 0.0827. The van der Waals surface area contributed by atoms with Crippen molar-refractivity contribution in [3.8, 4) is 0 Å². The van der Waals surface area contributed by atoms with E-state index < -0.39 is 6.03 Å². The molecular weight excluding hydrogens is 309 g/mol. The minimum Gasteiger partial charge on any atom is -0.345 e. The highest BCUT2D eigenvalue weighted by Crippen LogP contribution is 2.15. The van der Waals surface area contributed by atoms with Gasteiger partial charge >= 0.3 is 6.03 Å². The average molecular weight is 329 g/mol. The second-order valence-corrected chi connectivity index (χ2v) is 5.65. The van der Waals surface area contributed by atoms with Crippen LogP contribution in [-0.4, -0.2) is 30.9 Å². The van der Waals surface area contributed by atoms with E-state index in [1.54, 1.807) is 57.4 Å². The molecule has 0 bridgehead atoms. The third kappa shape index (κ3) is 4.55. The van der Waals surface area contributed by atoms with Crippen LogP contribution in [0.2, 0.25) is 0 Å². The summed E-state index contributed by atoms with van der Waals surface area (Å²) in [6.45, 7) is 1.80. The zero-order chi connectivity index (χ0) is 17.7. The summed E-state index contributed by atoms with van der Waals surface area (Å²) >= 11 is 0. The summed E-state index contributed by atoms with van der Waals surface area (Å²) in [6.07, 6.45) is 0. The molecule has 2 aromatic rings. The van der Waals surface area contributed by atoms with Crippen LogP contribution in [0.15, 0.2) is 48.5 Å². The van der Waals surface area contributed by atoms with E-state index in [0.29, 0.717) is 11.3 Å². The Morgan fingerprint density at radius 2 is 1.75 bits per heavy atom. The summed E-state index contributed by atoms with van der Waals surface area (Å²) in [6, 6.07) is 12.0. The standard InChI is InChI=1S/C18H20FN3O2/c1-12(13-7-9-15(19)10-8-13)20-18(24)21-16-6-4-5-14(11-16)17(23)22(2)3/h4-12H,1-3H3,(H2,20,21,24)/t12-/m1/s1. The fourth-order valence-electron chi connectivity index (χ4n) is 2.19. The monoisotopic (exact) mass is 329 g/mol. The Kier molecular flexibility index (Phi) is 5.52. The van der Waals surface area contributed by atoms with Crippen molar-refractivity contribution in [2.75, 3.05) is 19.4 Å². The van der Waals surface area contributed by atoms with E-state index in [1.165, 1.54) is 17.0 Å². The molecule has 2 aromatic carbocycles. The van der Waals surface area contributed by atoms with E-state index in [9.17, 15) is 14.0 Å². The molecule has 0 fully saturated rings. The summed E-state index contributed by atoms with van der Waals surface area (Å²) < 4.78 is 12.9. The summed E-state index contributed by atoms with van der Waals surface area (Å²) in [4.78, 5) is 25.5. The van der Waals surface area contributed by atoms with Crippen molar-refractivity contribution in [1.82, 2.24) is 10.2 Å². The molecule has 0 radical (unpaired) electrons. The molecule has 126 valence electrons. The third-order valence-electron chi connectivity index (χ3n) is 3.49. The number of hydrogen-bond acceptors (Lipinski definition) is 2. The first-order valence-corrected chi connectivity index (χ1v) is 7.51. The maximum atomic E-state index is 12.9. The zero-order valence-electron chi connectivity index (χ0n) is 13.8. The highest BCUT2D eigenvalue weighted by Gasteiger charge is 2.12. The number of anilines is 1. The van der Waals surface area contributed by atoms with Crippen molar-refractivity contribution in [2.45, 2.75) is 13.0 Å². The molecule has 1 atom stereocenters. The van der Waals surface area contributed by atoms with Crippen LogP contribution in [0, 0.1) is 5.82 Å². The number of nitrogens with one attached hydrogen (secondary N) is 2. The maximum Gasteiger partial charge on any atom is 0.319 e. The van der Waals surface area contributed by atoms with Crippen LogP contribution in [-0.2, 0) is 0 Å². The van der Waals surface area contributed by atoms with E-state index in [0.717, 1.165) is 5.56 Å². The van der Waals surface area contributed by atoms with E-state index in [1.807, 2.05) is 0 Å². The predicted octanol–water partition coefficient (Wildman–Crippen LogP) is 3.41. The predicted molar refractivity (Wildman–Crippen MR) is 91.4 cm³/mol. The normalized spacial score (nSPS) is 11.5. The lowest BCUT2D eigenvalue weighted by Crippen LogP contribution is -2.31. The molecule has 0 saturated heterocycles. The van der Waals surface area contributed by atoms with Gasteiger partial charge in [-0.25, -0.2) is 9.18 Å². The molecule has 5 nitrogen and oxygen atoms in total. The first-order valence-electron chi connectivity index (χ1n) is 7.51. The molecular formula is C18H20FN3O2. The van der Waals surface area contributed by atoms with Crippen LogP contribution in [0.5, 0.6) is 0 Å². The van der Waals surface area contributed by atoms with Crippen molar-refractivity contribution < 1.29 is 14.0 Å². The number of rotatable bonds is 4. The highest BCUT2D eigenvalue weighted by atomic mass is 19.1. The number of benzene rings is 2. The molecule has 24 heavy (non-hydrogen) atoms. The fourth-order valence-corrected chi connectivity index (χ4v) is 2.19. The molecule has 6 heteroatoms. The van der Waals surface area contributed by atoms with E-state index in [2.05, 4.69) is 10.6 Å². The quantitative estimate of drug-likeness (QED) is 0.903. The smallest absolute Gasteiger partial charge is 0.319 e. The second kappa shape index (κ2) is 7.59. The van der Waals surface area contributed by atoms with E-state index in [-0.39, 0.29) is 17.8 Å². The topological polar surface area (TPSA) is 61.4 Å². The maximum absolute atomic E-state index is 12.9. The van der Waals surface area contributed by atoms with Gasteiger partial charge in [0.1, 0.15) is 5.82 Å². The van der Waals surface area contributed by atoms with E-state index in [4.69, 9.17) is 0 Å². The number of nitrogens with zero attached hydrogens (tertiary/aromatic N) is 1. The molecule has 0 unspecified atom stereocenters. The Morgan fingerprint density at radius 3 is 2.38 bits per heavy atom. The van der Waals surface area contributed by atoms with Crippen molar-refractivity contribution in [2.24, 2.45) is 0 Å². The zero-order valence-corrected chi connectivity index (χ0v) is 13.8. The second-order valence-electron chi connectivity index (χ2n) is 5.65. The van der Waals surface area contributed by atoms with Gasteiger partial charge < -0.3 is 15.5 Å². The molecule has 0 aliphatic rings. The summed E-state index contributed by atoms with van der Waals surface area (Å²) in [5.41, 5.74) is 1.80. The molecule has 2 N–H and O–H groups in total. The van der Waals surface area contributed by atoms with Gasteiger partial charge in [-0.2, -0.15) is 0 Å². The van der Waals surface area contributed by atoms with Gasteiger partial charge in [-0.1, -0.05) is 18.2 Å². The van der Waals surface area contributed by atoms with Crippen LogP contribution in [0.1, 0.15) is 28.9 Å². The molecule has 2 rings (SSSR count). The minimum atomic E-state index is -0.402. The lowest BCUT2D eigenvalue weighted by Gasteiger charge is -2.16. The van der Waals surface area contributed by atoms with Crippen molar-refractivity contribution in [1.29, 1.82) is 0 Å². The fraction of sp³-hybridized carbons (Fsp3) is 0.222. The van der Waals surface area contributed by atoms with Crippen molar-refractivity contribution >= 4 is 17.6 Å². The Morgan fingerprint density at radius 1 is 1.08 bits per heavy atom. The Hall–Kier alpha value is -2.89. The number of hydrogen-bond donors (Lipinski definition) is 2. The first kappa shape index (κ1) is 17.5. The van der Waals surface area contributed by atoms with Gasteiger partial charge in [0, 0.05) is 25.3 Å². The van der Waals surface area contributed by atoms with Gasteiger partial charge in [-0.15, -0.1) is 0 Å². The molecule has 0 aliphatic carbocycles. The number of amides is 3. The number of halogens is 1. The largest absolute Gasteiger partial charge is 0.345 e. The Bertz CT molecular complexity index is 729. The molecule has 3 amide bonds. The summed E-state index contributed by atoms with van der Waals surface area (Å²) in [5, 5.41) is 5.46. The van der Waals surface area contributed by atoms with Crippen LogP contribution in [0.3, 0.4) is 0 Å². The number of urea groups is 1. The minimum absolute atomic E-state index is 0.140. The SMILES string of the molecule is C[C@@H](NC(=O)Nc1cccc(C(=O)N(C)C)c1)c1ccc(F)cc1. The number of carbonyl (C=O) groups excluding carboxylic acids is 2. The molecule has 0 aliphatic heterocycles. The molecule has 0 heterocycles. The lowest BCUT2D eigenvalue weighted by atomic mass is 10.1. The van der Waals surface area contributed by atoms with Gasteiger partial charge in [0.05, 0.1) is 6.04 Å². The summed E-state index contributed by atoms with van der Waals surface area (Å²) in [5.74, 6) is -0.462.